The molecule has 0 rings (SSSR count). The molecule has 0 aromatic carbocycles. The average Bonchev–Trinajstić information content (AvgIpc) is 3.01. The number of ether oxygens (including phenoxy) is 1. The maximum Gasteiger partial charge on any atom is 0.305 e. The highest BCUT2D eigenvalue weighted by Gasteiger charge is 2.12. The van der Waals surface area contributed by atoms with Gasteiger partial charge in [0.15, 0.2) is 0 Å². The number of carbonyl (C=O) groups excluding carboxylic acids is 1. The molecule has 0 aliphatic carbocycles. The van der Waals surface area contributed by atoms with Crippen LogP contribution in [0.5, 0.6) is 0 Å². The molecular formula is C37H75O4PS. The zero-order chi connectivity index (χ0) is 31.3. The Kier molecular flexibility index (Phi) is 38.5. The Morgan fingerprint density at radius 3 is 1.23 bits per heavy atom. The number of hydrogen-bond donors (Lipinski definition) is 0. The van der Waals surface area contributed by atoms with Crippen LogP contribution in [-0.4, -0.2) is 31.5 Å². The van der Waals surface area contributed by atoms with E-state index in [1.165, 1.54) is 161 Å². The zero-order valence-corrected chi connectivity index (χ0v) is 31.0. The smallest absolute Gasteiger partial charge is 0.305 e. The van der Waals surface area contributed by atoms with E-state index >= 15 is 0 Å². The van der Waals surface area contributed by atoms with Crippen LogP contribution in [0.4, 0.5) is 0 Å². The van der Waals surface area contributed by atoms with E-state index in [1.54, 1.807) is 0 Å². The molecule has 0 aliphatic rings. The van der Waals surface area contributed by atoms with Crippen molar-refractivity contribution in [2.75, 3.05) is 25.6 Å². The van der Waals surface area contributed by atoms with Gasteiger partial charge in [0.2, 0.25) is 7.58 Å². The predicted octanol–water partition coefficient (Wildman–Crippen LogP) is 13.9. The van der Waals surface area contributed by atoms with Crippen molar-refractivity contribution in [3.8, 4) is 0 Å². The van der Waals surface area contributed by atoms with Gasteiger partial charge in [-0.25, -0.2) is 0 Å². The minimum Gasteiger partial charge on any atom is -0.466 e. The van der Waals surface area contributed by atoms with Crippen LogP contribution in [0.15, 0.2) is 0 Å². The van der Waals surface area contributed by atoms with Crippen LogP contribution in [0.3, 0.4) is 0 Å². The van der Waals surface area contributed by atoms with Gasteiger partial charge in [-0.1, -0.05) is 180 Å². The first kappa shape index (κ1) is 43.2. The fraction of sp³-hybridized carbons (Fsp3) is 0.973. The summed E-state index contributed by atoms with van der Waals surface area (Å²) in [5, 5.41) is 0. The third kappa shape index (κ3) is 36.5. The lowest BCUT2D eigenvalue weighted by atomic mass is 10.1. The first-order chi connectivity index (χ1) is 21.2. The number of rotatable bonds is 37. The molecule has 0 unspecified atom stereocenters. The van der Waals surface area contributed by atoms with Gasteiger partial charge in [0.25, 0.3) is 0 Å². The monoisotopic (exact) mass is 647 g/mol. The fourth-order valence-electron chi connectivity index (χ4n) is 5.22. The Bertz CT molecular complexity index is 517. The molecule has 258 valence electrons. The van der Waals surface area contributed by atoms with Crippen LogP contribution < -0.4 is 0 Å². The molecule has 0 aliphatic heterocycles. The molecule has 0 fully saturated rings. The molecule has 0 spiro atoms. The molecule has 0 heterocycles. The second-order valence-corrected chi connectivity index (χ2v) is 15.8. The molecule has 0 amide bonds. The van der Waals surface area contributed by atoms with Crippen molar-refractivity contribution in [2.24, 2.45) is 0 Å². The van der Waals surface area contributed by atoms with Gasteiger partial charge in [-0.15, -0.1) is 0 Å². The van der Waals surface area contributed by atoms with E-state index in [0.717, 1.165) is 38.2 Å². The van der Waals surface area contributed by atoms with Gasteiger partial charge in [-0.2, -0.15) is 0 Å². The summed E-state index contributed by atoms with van der Waals surface area (Å²) in [6.07, 6.45) is 36.3. The summed E-state index contributed by atoms with van der Waals surface area (Å²) in [6, 6.07) is 0. The second kappa shape index (κ2) is 38.4. The molecule has 6 heteroatoms. The summed E-state index contributed by atoms with van der Waals surface area (Å²) in [4.78, 5) is 11.9. The van der Waals surface area contributed by atoms with Crippen molar-refractivity contribution < 1.29 is 18.6 Å². The molecule has 0 saturated carbocycles. The molecule has 4 nitrogen and oxygen atoms in total. The minimum absolute atomic E-state index is 0.00268. The molecular weight excluding hydrogens is 571 g/mol. The Morgan fingerprint density at radius 1 is 0.442 bits per heavy atom. The molecule has 0 atom stereocenters. The van der Waals surface area contributed by atoms with Crippen LogP contribution in [0.1, 0.15) is 207 Å². The summed E-state index contributed by atoms with van der Waals surface area (Å²) >= 11 is 1.93. The normalized spacial score (nSPS) is 11.5. The minimum atomic E-state index is -0.798. The predicted molar refractivity (Wildman–Crippen MR) is 193 cm³/mol. The molecule has 43 heavy (non-hydrogen) atoms. The summed E-state index contributed by atoms with van der Waals surface area (Å²) < 4.78 is 17.9. The summed E-state index contributed by atoms with van der Waals surface area (Å²) in [5.74, 6) is 1.15. The van der Waals surface area contributed by atoms with Crippen molar-refractivity contribution in [2.45, 2.75) is 207 Å². The van der Waals surface area contributed by atoms with E-state index < -0.39 is 7.58 Å². The summed E-state index contributed by atoms with van der Waals surface area (Å²) in [7, 11) is -0.798. The number of carbonyl (C=O) groups is 1. The zero-order valence-electron chi connectivity index (χ0n) is 29.3. The van der Waals surface area contributed by atoms with E-state index in [2.05, 4.69) is 20.8 Å². The van der Waals surface area contributed by atoms with Gasteiger partial charge in [-0.05, 0) is 32.1 Å². The molecule has 0 N–H and O–H groups in total. The van der Waals surface area contributed by atoms with Gasteiger partial charge >= 0.3 is 5.97 Å². The lowest BCUT2D eigenvalue weighted by Gasteiger charge is -2.17. The maximum atomic E-state index is 11.9. The van der Waals surface area contributed by atoms with Gasteiger partial charge in [0.1, 0.15) is 0 Å². The SMILES string of the molecule is CCCCCCCCCOC(=O)CCCCCCCCCSP(OCCCCCCCCC)OCCCCCCCCC. The lowest BCUT2D eigenvalue weighted by molar-refractivity contribution is -0.143. The Morgan fingerprint density at radius 2 is 0.791 bits per heavy atom. The van der Waals surface area contributed by atoms with Gasteiger partial charge in [0, 0.05) is 12.2 Å². The summed E-state index contributed by atoms with van der Waals surface area (Å²) in [6.45, 7) is 9.14. The molecule has 0 saturated heterocycles. The van der Waals surface area contributed by atoms with Crippen LogP contribution in [0.2, 0.25) is 0 Å². The summed E-state index contributed by atoms with van der Waals surface area (Å²) in [5.41, 5.74) is 0. The quantitative estimate of drug-likeness (QED) is 0.0382. The van der Waals surface area contributed by atoms with Crippen molar-refractivity contribution in [1.82, 2.24) is 0 Å². The van der Waals surface area contributed by atoms with Gasteiger partial charge in [-0.3, -0.25) is 4.79 Å². The van der Waals surface area contributed by atoms with Crippen LogP contribution in [0, 0.1) is 0 Å². The Labute approximate surface area is 275 Å². The van der Waals surface area contributed by atoms with Gasteiger partial charge in [0.05, 0.1) is 19.8 Å². The van der Waals surface area contributed by atoms with Crippen molar-refractivity contribution in [3.05, 3.63) is 0 Å². The van der Waals surface area contributed by atoms with Crippen molar-refractivity contribution in [3.63, 3.8) is 0 Å². The first-order valence-corrected chi connectivity index (χ1v) is 21.9. The van der Waals surface area contributed by atoms with E-state index in [1.807, 2.05) is 11.4 Å². The number of hydrogen-bond acceptors (Lipinski definition) is 5. The van der Waals surface area contributed by atoms with Crippen molar-refractivity contribution in [1.29, 1.82) is 0 Å². The fourth-order valence-corrected chi connectivity index (χ4v) is 8.21. The second-order valence-electron chi connectivity index (χ2n) is 12.5. The lowest BCUT2D eigenvalue weighted by Crippen LogP contribution is -2.05. The first-order valence-electron chi connectivity index (χ1n) is 19.1. The highest BCUT2D eigenvalue weighted by Crippen LogP contribution is 2.52. The van der Waals surface area contributed by atoms with E-state index in [4.69, 9.17) is 13.8 Å². The third-order valence-electron chi connectivity index (χ3n) is 8.12. The third-order valence-corrected chi connectivity index (χ3v) is 11.4. The maximum absolute atomic E-state index is 11.9. The van der Waals surface area contributed by atoms with Crippen LogP contribution in [-0.2, 0) is 18.6 Å². The topological polar surface area (TPSA) is 44.8 Å². The van der Waals surface area contributed by atoms with E-state index in [9.17, 15) is 4.79 Å². The Hall–Kier alpha value is 0.170. The van der Waals surface area contributed by atoms with Crippen LogP contribution in [0.25, 0.3) is 0 Å². The number of unbranched alkanes of at least 4 members (excludes halogenated alkanes) is 24. The molecule has 0 aromatic rings. The largest absolute Gasteiger partial charge is 0.466 e. The average molecular weight is 647 g/mol. The molecule has 0 radical (unpaired) electrons. The molecule has 0 aromatic heterocycles. The Balaban J connectivity index is 3.79. The van der Waals surface area contributed by atoms with Gasteiger partial charge < -0.3 is 13.8 Å². The van der Waals surface area contributed by atoms with Crippen LogP contribution >= 0.6 is 19.0 Å². The van der Waals surface area contributed by atoms with E-state index in [0.29, 0.717) is 13.0 Å². The highest BCUT2D eigenvalue weighted by molar-refractivity contribution is 8.52. The standard InChI is InChI=1S/C37H75O4PS/c1-4-7-10-13-18-23-28-33-39-37(38)32-27-22-17-16-21-26-31-36-43-42(40-34-29-24-19-14-11-8-5-2)41-35-30-25-20-15-12-9-6-3/h4-36H2,1-3H3. The molecule has 0 bridgehead atoms. The highest BCUT2D eigenvalue weighted by atomic mass is 32.7. The van der Waals surface area contributed by atoms with E-state index in [-0.39, 0.29) is 5.97 Å². The van der Waals surface area contributed by atoms with Crippen molar-refractivity contribution >= 4 is 24.9 Å². The number of esters is 1.